The summed E-state index contributed by atoms with van der Waals surface area (Å²) in [6, 6.07) is 7.91. The highest BCUT2D eigenvalue weighted by Crippen LogP contribution is 2.64. The molecule has 2 fully saturated rings. The Labute approximate surface area is 104 Å². The van der Waals surface area contributed by atoms with Crippen LogP contribution in [0.25, 0.3) is 0 Å². The van der Waals surface area contributed by atoms with Gasteiger partial charge in [0.2, 0.25) is 0 Å². The van der Waals surface area contributed by atoms with E-state index in [9.17, 15) is 5.11 Å². The molecule has 17 heavy (non-hydrogen) atoms. The minimum Gasteiger partial charge on any atom is -0.508 e. The zero-order valence-electron chi connectivity index (χ0n) is 11.0. The highest BCUT2D eigenvalue weighted by Gasteiger charge is 2.55. The summed E-state index contributed by atoms with van der Waals surface area (Å²) in [5.41, 5.74) is 1.67. The van der Waals surface area contributed by atoms with Gasteiger partial charge >= 0.3 is 0 Å². The fourth-order valence-electron chi connectivity index (χ4n) is 4.31. The van der Waals surface area contributed by atoms with E-state index >= 15 is 0 Å². The van der Waals surface area contributed by atoms with Gasteiger partial charge in [0.15, 0.2) is 0 Å². The molecule has 0 aliphatic heterocycles. The first-order valence-corrected chi connectivity index (χ1v) is 6.79. The third-order valence-electron chi connectivity index (χ3n) is 5.82. The Balaban J connectivity index is 1.93. The average molecular weight is 230 g/mol. The number of hydrogen-bond donors (Lipinski definition) is 1. The molecule has 3 rings (SSSR count). The first-order chi connectivity index (χ1) is 8.01. The largest absolute Gasteiger partial charge is 0.508 e. The van der Waals surface area contributed by atoms with Gasteiger partial charge in [-0.15, -0.1) is 0 Å². The van der Waals surface area contributed by atoms with Crippen LogP contribution in [-0.2, 0) is 0 Å². The minimum absolute atomic E-state index is 0.492. The standard InChI is InChI=1S/C16H22O/c1-10-13-8-11(16(10,2)3)9-14(13)12-6-4-5-7-15(12)17/h4-7,10-11,13-14,17H,8-9H2,1-3H3/t10-,11-,13-,14-/m0/s1. The molecule has 1 heteroatoms. The van der Waals surface area contributed by atoms with E-state index in [1.165, 1.54) is 18.4 Å². The molecule has 2 aliphatic carbocycles. The van der Waals surface area contributed by atoms with Crippen molar-refractivity contribution in [2.45, 2.75) is 39.5 Å². The van der Waals surface area contributed by atoms with Gasteiger partial charge in [-0.05, 0) is 53.6 Å². The maximum absolute atomic E-state index is 10.0. The van der Waals surface area contributed by atoms with Gasteiger partial charge in [-0.2, -0.15) is 0 Å². The summed E-state index contributed by atoms with van der Waals surface area (Å²) < 4.78 is 0. The Morgan fingerprint density at radius 2 is 1.88 bits per heavy atom. The number of aromatic hydroxyl groups is 1. The van der Waals surface area contributed by atoms with E-state index in [-0.39, 0.29) is 0 Å². The van der Waals surface area contributed by atoms with Crippen molar-refractivity contribution in [2.75, 3.05) is 0 Å². The summed E-state index contributed by atoms with van der Waals surface area (Å²) in [5, 5.41) is 10.0. The van der Waals surface area contributed by atoms with Gasteiger partial charge in [-0.1, -0.05) is 39.0 Å². The van der Waals surface area contributed by atoms with Crippen molar-refractivity contribution >= 4 is 0 Å². The Morgan fingerprint density at radius 1 is 1.18 bits per heavy atom. The van der Waals surface area contributed by atoms with E-state index in [0.29, 0.717) is 17.1 Å². The Bertz CT molecular complexity index is 431. The van der Waals surface area contributed by atoms with E-state index in [1.54, 1.807) is 0 Å². The second-order valence-electron chi connectivity index (χ2n) is 6.61. The van der Waals surface area contributed by atoms with E-state index < -0.39 is 0 Å². The van der Waals surface area contributed by atoms with Gasteiger partial charge in [0.05, 0.1) is 0 Å². The summed E-state index contributed by atoms with van der Waals surface area (Å²) in [6.07, 6.45) is 2.62. The molecule has 0 aromatic heterocycles. The van der Waals surface area contributed by atoms with Crippen LogP contribution in [0.15, 0.2) is 24.3 Å². The lowest BCUT2D eigenvalue weighted by Gasteiger charge is -2.40. The van der Waals surface area contributed by atoms with Gasteiger partial charge in [-0.25, -0.2) is 0 Å². The summed E-state index contributed by atoms with van der Waals surface area (Å²) >= 11 is 0. The van der Waals surface area contributed by atoms with Crippen LogP contribution < -0.4 is 0 Å². The Kier molecular flexibility index (Phi) is 2.30. The van der Waals surface area contributed by atoms with Gasteiger partial charge in [0, 0.05) is 0 Å². The lowest BCUT2D eigenvalue weighted by atomic mass is 9.65. The molecule has 2 saturated carbocycles. The van der Waals surface area contributed by atoms with Crippen molar-refractivity contribution in [1.82, 2.24) is 0 Å². The van der Waals surface area contributed by atoms with Crippen LogP contribution >= 0.6 is 0 Å². The van der Waals surface area contributed by atoms with Crippen molar-refractivity contribution in [3.63, 3.8) is 0 Å². The van der Waals surface area contributed by atoms with Crippen LogP contribution in [-0.4, -0.2) is 5.11 Å². The number of benzene rings is 1. The summed E-state index contributed by atoms with van der Waals surface area (Å²) in [7, 11) is 0. The maximum atomic E-state index is 10.0. The molecule has 0 saturated heterocycles. The van der Waals surface area contributed by atoms with E-state index in [0.717, 1.165) is 17.8 Å². The number of rotatable bonds is 1. The predicted molar refractivity (Wildman–Crippen MR) is 70.0 cm³/mol. The molecular weight excluding hydrogens is 208 g/mol. The lowest BCUT2D eigenvalue weighted by Crippen LogP contribution is -2.32. The molecule has 2 aliphatic rings. The predicted octanol–water partition coefficient (Wildman–Crippen LogP) is 4.18. The van der Waals surface area contributed by atoms with Crippen molar-refractivity contribution in [3.8, 4) is 5.75 Å². The molecular formula is C16H22O. The molecule has 1 aromatic carbocycles. The zero-order valence-corrected chi connectivity index (χ0v) is 11.0. The fraction of sp³-hybridized carbons (Fsp3) is 0.625. The van der Waals surface area contributed by atoms with Crippen LogP contribution in [0.2, 0.25) is 0 Å². The van der Waals surface area contributed by atoms with Crippen molar-refractivity contribution in [2.24, 2.45) is 23.2 Å². The summed E-state index contributed by atoms with van der Waals surface area (Å²) in [5.74, 6) is 3.46. The van der Waals surface area contributed by atoms with Gasteiger partial charge < -0.3 is 5.11 Å². The van der Waals surface area contributed by atoms with E-state index in [1.807, 2.05) is 12.1 Å². The normalized spacial score (nSPS) is 38.5. The second-order valence-corrected chi connectivity index (χ2v) is 6.61. The van der Waals surface area contributed by atoms with Crippen LogP contribution in [0, 0.1) is 23.2 Å². The molecule has 2 bridgehead atoms. The third-order valence-corrected chi connectivity index (χ3v) is 5.82. The molecule has 0 spiro atoms. The lowest BCUT2D eigenvalue weighted by molar-refractivity contribution is 0.121. The van der Waals surface area contributed by atoms with E-state index in [2.05, 4.69) is 32.9 Å². The summed E-state index contributed by atoms with van der Waals surface area (Å²) in [4.78, 5) is 0. The first-order valence-electron chi connectivity index (χ1n) is 6.79. The quantitative estimate of drug-likeness (QED) is 0.767. The molecule has 0 radical (unpaired) electrons. The molecule has 4 atom stereocenters. The fourth-order valence-corrected chi connectivity index (χ4v) is 4.31. The number of para-hydroxylation sites is 1. The van der Waals surface area contributed by atoms with Crippen LogP contribution in [0.1, 0.15) is 45.1 Å². The molecule has 1 aromatic rings. The second kappa shape index (κ2) is 3.51. The average Bonchev–Trinajstić information content (AvgIpc) is 2.80. The highest BCUT2D eigenvalue weighted by molar-refractivity contribution is 5.37. The van der Waals surface area contributed by atoms with Crippen molar-refractivity contribution < 1.29 is 5.11 Å². The Morgan fingerprint density at radius 3 is 2.47 bits per heavy atom. The van der Waals surface area contributed by atoms with Gasteiger partial charge in [-0.3, -0.25) is 0 Å². The van der Waals surface area contributed by atoms with Crippen molar-refractivity contribution in [3.05, 3.63) is 29.8 Å². The van der Waals surface area contributed by atoms with Crippen LogP contribution in [0.3, 0.4) is 0 Å². The molecule has 0 heterocycles. The van der Waals surface area contributed by atoms with Gasteiger partial charge in [0.1, 0.15) is 5.75 Å². The molecule has 92 valence electrons. The maximum Gasteiger partial charge on any atom is 0.119 e. The molecule has 1 nitrogen and oxygen atoms in total. The highest BCUT2D eigenvalue weighted by atomic mass is 16.3. The zero-order chi connectivity index (χ0) is 12.2. The molecule has 1 N–H and O–H groups in total. The monoisotopic (exact) mass is 230 g/mol. The molecule has 0 amide bonds. The SMILES string of the molecule is C[C@H]1[C@@H]2C[C@@H](C[C@H]2c2ccccc2O)C1(C)C. The smallest absolute Gasteiger partial charge is 0.119 e. The number of phenols is 1. The van der Waals surface area contributed by atoms with Crippen LogP contribution in [0.5, 0.6) is 5.75 Å². The molecule has 0 unspecified atom stereocenters. The van der Waals surface area contributed by atoms with Gasteiger partial charge in [0.25, 0.3) is 0 Å². The minimum atomic E-state index is 0.492. The van der Waals surface area contributed by atoms with Crippen molar-refractivity contribution in [1.29, 1.82) is 0 Å². The van der Waals surface area contributed by atoms with E-state index in [4.69, 9.17) is 0 Å². The number of hydrogen-bond acceptors (Lipinski definition) is 1. The third kappa shape index (κ3) is 1.44. The Hall–Kier alpha value is -0.980. The summed E-state index contributed by atoms with van der Waals surface area (Å²) in [6.45, 7) is 7.24. The number of fused-ring (bicyclic) bond motifs is 2. The first kappa shape index (κ1) is 11.1. The number of phenolic OH excluding ortho intramolecular Hbond substituents is 1. The van der Waals surface area contributed by atoms with Crippen LogP contribution in [0.4, 0.5) is 0 Å². The topological polar surface area (TPSA) is 20.2 Å².